The number of azo groups is 1. The van der Waals surface area contributed by atoms with Crippen molar-refractivity contribution in [3.63, 3.8) is 0 Å². The number of benzene rings is 1. The van der Waals surface area contributed by atoms with Crippen molar-refractivity contribution in [3.8, 4) is 0 Å². The molecular formula is C13H18N2O3. The first-order valence-electron chi connectivity index (χ1n) is 5.91. The first-order valence-corrected chi connectivity index (χ1v) is 5.91. The lowest BCUT2D eigenvalue weighted by molar-refractivity contribution is -0.138. The molecule has 1 aromatic carbocycles. The number of rotatable bonds is 8. The molecule has 0 spiro atoms. The van der Waals surface area contributed by atoms with Crippen molar-refractivity contribution < 1.29 is 14.6 Å². The third-order valence-corrected chi connectivity index (χ3v) is 2.27. The van der Waals surface area contributed by atoms with E-state index in [0.29, 0.717) is 19.8 Å². The summed E-state index contributed by atoms with van der Waals surface area (Å²) in [5.41, 5.74) is 1.14. The van der Waals surface area contributed by atoms with E-state index in [9.17, 15) is 4.79 Å². The van der Waals surface area contributed by atoms with Gasteiger partial charge in [-0.2, -0.15) is 10.2 Å². The summed E-state index contributed by atoms with van der Waals surface area (Å²) in [5.74, 6) is -0.959. The molecular weight excluding hydrogens is 232 g/mol. The van der Waals surface area contributed by atoms with Crippen molar-refractivity contribution in [2.45, 2.75) is 26.0 Å². The van der Waals surface area contributed by atoms with Gasteiger partial charge in [0, 0.05) is 6.61 Å². The van der Waals surface area contributed by atoms with Crippen molar-refractivity contribution in [3.05, 3.63) is 35.9 Å². The van der Waals surface area contributed by atoms with E-state index in [1.165, 1.54) is 6.92 Å². The summed E-state index contributed by atoms with van der Waals surface area (Å²) >= 11 is 0. The van der Waals surface area contributed by atoms with Crippen LogP contribution in [0.25, 0.3) is 0 Å². The molecule has 1 unspecified atom stereocenters. The molecule has 0 heterocycles. The summed E-state index contributed by atoms with van der Waals surface area (Å²) in [6, 6.07) is 9.16. The maximum absolute atomic E-state index is 10.4. The highest BCUT2D eigenvalue weighted by Gasteiger charge is 2.07. The number of carbonyl (C=O) groups is 1. The Bertz CT molecular complexity index is 379. The van der Waals surface area contributed by atoms with Crippen LogP contribution in [0, 0.1) is 0 Å². The highest BCUT2D eigenvalue weighted by Crippen LogP contribution is 2.01. The molecule has 18 heavy (non-hydrogen) atoms. The number of hydrogen-bond donors (Lipinski definition) is 1. The van der Waals surface area contributed by atoms with Crippen molar-refractivity contribution >= 4 is 5.97 Å². The zero-order valence-corrected chi connectivity index (χ0v) is 10.5. The predicted octanol–water partition coefficient (Wildman–Crippen LogP) is 2.52. The zero-order chi connectivity index (χ0) is 13.2. The molecule has 0 radical (unpaired) electrons. The molecule has 0 fully saturated rings. The van der Waals surface area contributed by atoms with E-state index in [2.05, 4.69) is 10.2 Å². The standard InChI is InChI=1S/C13H18N2O3/c1-11(13(16)17)15-14-8-5-9-18-10-12-6-3-2-4-7-12/h2-4,6-7,11H,5,8-10H2,1H3,(H,16,17). The van der Waals surface area contributed by atoms with Gasteiger partial charge in [0.25, 0.3) is 0 Å². The molecule has 5 heteroatoms. The van der Waals surface area contributed by atoms with E-state index in [1.807, 2.05) is 30.3 Å². The zero-order valence-electron chi connectivity index (χ0n) is 10.5. The van der Waals surface area contributed by atoms with Crippen molar-refractivity contribution in [2.24, 2.45) is 10.2 Å². The molecule has 0 aliphatic carbocycles. The Kier molecular flexibility index (Phi) is 6.64. The quantitative estimate of drug-likeness (QED) is 0.569. The molecule has 1 atom stereocenters. The molecule has 98 valence electrons. The first kappa shape index (κ1) is 14.3. The number of carboxylic acid groups (broad SMARTS) is 1. The van der Waals surface area contributed by atoms with Crippen LogP contribution in [0.4, 0.5) is 0 Å². The number of hydrogen-bond acceptors (Lipinski definition) is 4. The second-order valence-corrected chi connectivity index (χ2v) is 3.89. The van der Waals surface area contributed by atoms with Gasteiger partial charge >= 0.3 is 5.97 Å². The molecule has 0 amide bonds. The van der Waals surface area contributed by atoms with Gasteiger partial charge in [-0.05, 0) is 18.9 Å². The van der Waals surface area contributed by atoms with Crippen LogP contribution in [0.5, 0.6) is 0 Å². The lowest BCUT2D eigenvalue weighted by Gasteiger charge is -2.02. The van der Waals surface area contributed by atoms with Gasteiger partial charge in [-0.1, -0.05) is 30.3 Å². The highest BCUT2D eigenvalue weighted by atomic mass is 16.5. The molecule has 5 nitrogen and oxygen atoms in total. The fourth-order valence-electron chi connectivity index (χ4n) is 1.23. The van der Waals surface area contributed by atoms with Crippen LogP contribution in [0.15, 0.2) is 40.6 Å². The Labute approximate surface area is 107 Å². The Morgan fingerprint density at radius 1 is 1.39 bits per heavy atom. The molecule has 0 saturated heterocycles. The third kappa shape index (κ3) is 6.10. The molecule has 0 aliphatic rings. The van der Waals surface area contributed by atoms with Gasteiger partial charge in [0.2, 0.25) is 0 Å². The van der Waals surface area contributed by atoms with Crippen molar-refractivity contribution in [2.75, 3.05) is 13.2 Å². The van der Waals surface area contributed by atoms with E-state index in [1.54, 1.807) is 0 Å². The average Bonchev–Trinajstić information content (AvgIpc) is 2.38. The molecule has 1 aromatic rings. The van der Waals surface area contributed by atoms with E-state index in [0.717, 1.165) is 12.0 Å². The van der Waals surface area contributed by atoms with Gasteiger partial charge in [0.15, 0.2) is 6.04 Å². The smallest absolute Gasteiger partial charge is 0.330 e. The molecule has 1 rings (SSSR count). The largest absolute Gasteiger partial charge is 0.480 e. The monoisotopic (exact) mass is 250 g/mol. The topological polar surface area (TPSA) is 71.2 Å². The van der Waals surface area contributed by atoms with E-state index >= 15 is 0 Å². The second kappa shape index (κ2) is 8.36. The summed E-state index contributed by atoms with van der Waals surface area (Å²) < 4.78 is 5.46. The van der Waals surface area contributed by atoms with Gasteiger partial charge in [-0.3, -0.25) is 0 Å². The minimum Gasteiger partial charge on any atom is -0.480 e. The second-order valence-electron chi connectivity index (χ2n) is 3.89. The Morgan fingerprint density at radius 2 is 2.11 bits per heavy atom. The predicted molar refractivity (Wildman–Crippen MR) is 67.5 cm³/mol. The molecule has 0 bridgehead atoms. The Morgan fingerprint density at radius 3 is 2.78 bits per heavy atom. The SMILES string of the molecule is CC(N=NCCCOCc1ccccc1)C(=O)O. The van der Waals surface area contributed by atoms with Crippen LogP contribution in [-0.4, -0.2) is 30.3 Å². The van der Waals surface area contributed by atoms with Crippen LogP contribution >= 0.6 is 0 Å². The highest BCUT2D eigenvalue weighted by molar-refractivity contribution is 5.72. The minimum absolute atomic E-state index is 0.492. The van der Waals surface area contributed by atoms with Gasteiger partial charge < -0.3 is 9.84 Å². The van der Waals surface area contributed by atoms with E-state index in [-0.39, 0.29) is 0 Å². The van der Waals surface area contributed by atoms with Gasteiger partial charge in [-0.25, -0.2) is 4.79 Å². The van der Waals surface area contributed by atoms with Crippen LogP contribution in [-0.2, 0) is 16.1 Å². The van der Waals surface area contributed by atoms with E-state index in [4.69, 9.17) is 9.84 Å². The summed E-state index contributed by atoms with van der Waals surface area (Å²) in [7, 11) is 0. The number of ether oxygens (including phenoxy) is 1. The van der Waals surface area contributed by atoms with Crippen LogP contribution in [0.3, 0.4) is 0 Å². The molecule has 0 saturated carbocycles. The summed E-state index contributed by atoms with van der Waals surface area (Å²) in [4.78, 5) is 10.4. The first-order chi connectivity index (χ1) is 8.70. The molecule has 0 aliphatic heterocycles. The average molecular weight is 250 g/mol. The van der Waals surface area contributed by atoms with E-state index < -0.39 is 12.0 Å². The lowest BCUT2D eigenvalue weighted by atomic mass is 10.2. The lowest BCUT2D eigenvalue weighted by Crippen LogP contribution is -2.12. The van der Waals surface area contributed by atoms with Crippen molar-refractivity contribution in [1.82, 2.24) is 0 Å². The molecule has 0 aromatic heterocycles. The van der Waals surface area contributed by atoms with Gasteiger partial charge in [-0.15, -0.1) is 0 Å². The fourth-order valence-corrected chi connectivity index (χ4v) is 1.23. The minimum atomic E-state index is -0.959. The summed E-state index contributed by atoms with van der Waals surface area (Å²) in [6.45, 7) is 3.17. The number of aliphatic carboxylic acids is 1. The summed E-state index contributed by atoms with van der Waals surface area (Å²) in [6.07, 6.45) is 0.739. The maximum atomic E-state index is 10.4. The van der Waals surface area contributed by atoms with Gasteiger partial charge in [0.05, 0.1) is 13.2 Å². The van der Waals surface area contributed by atoms with Crippen LogP contribution in [0.2, 0.25) is 0 Å². The fraction of sp³-hybridized carbons (Fsp3) is 0.462. The maximum Gasteiger partial charge on any atom is 0.330 e. The Hall–Kier alpha value is -1.75. The van der Waals surface area contributed by atoms with Crippen molar-refractivity contribution in [1.29, 1.82) is 0 Å². The van der Waals surface area contributed by atoms with Gasteiger partial charge in [0.1, 0.15) is 0 Å². The third-order valence-electron chi connectivity index (χ3n) is 2.27. The van der Waals surface area contributed by atoms with Crippen LogP contribution < -0.4 is 0 Å². The molecule has 1 N–H and O–H groups in total. The Balaban J connectivity index is 2.04. The summed E-state index contributed by atoms with van der Waals surface area (Å²) in [5, 5.41) is 16.0. The normalized spacial score (nSPS) is 12.7. The number of nitrogens with zero attached hydrogens (tertiary/aromatic N) is 2. The van der Waals surface area contributed by atoms with Crippen LogP contribution in [0.1, 0.15) is 18.9 Å². The number of carboxylic acids is 1.